The fraction of sp³-hybridized carbons (Fsp3) is 0.758. The number of nitrogens with two attached hydrogens (primary N) is 4. The Kier molecular flexibility index (Phi) is 35.9. The largest absolute Gasteiger partial charge is 0.469 e. The molecule has 5 saturated heterocycles. The van der Waals surface area contributed by atoms with Crippen LogP contribution in [-0.4, -0.2) is 272 Å². The number of carbonyl (C=O) groups excluding carboxylic acids is 15. The van der Waals surface area contributed by atoms with Crippen LogP contribution in [0.25, 0.3) is 0 Å². The minimum atomic E-state index is -5.45. The van der Waals surface area contributed by atoms with Gasteiger partial charge in [-0.3, -0.25) is 76.6 Å². The zero-order valence-electron chi connectivity index (χ0n) is 62.6. The van der Waals surface area contributed by atoms with Crippen LogP contribution in [-0.2, 0) is 76.2 Å². The molecule has 5 aliphatic rings. The second kappa shape index (κ2) is 43.0. The Hall–Kier alpha value is -8.50. The quantitative estimate of drug-likeness (QED) is 0.00888. The number of nitrogens with one attached hydrogen (secondary N) is 12. The van der Waals surface area contributed by atoms with Gasteiger partial charge in [-0.15, -0.1) is 0 Å². The fourth-order valence-corrected chi connectivity index (χ4v) is 15.5. The molecule has 0 aromatic rings. The first-order chi connectivity index (χ1) is 50.9. The molecule has 0 bridgehead atoms. The summed E-state index contributed by atoms with van der Waals surface area (Å²) >= 11 is 1.77. The second-order valence-electron chi connectivity index (χ2n) is 28.8. The number of amides is 16. The van der Waals surface area contributed by atoms with Gasteiger partial charge in [-0.25, -0.2) is 9.36 Å². The standard InChI is InChI=1S/C66H113N20O20PS/c1-33(2)49(79-48(90)30-73-47(89)29-72-46(88)23-10-9-22-45-53-41(32-108-45)78-66(102)83-53)59(96)74-36(7)55(92)80-51(35(5)6)61(98)81-50(34(3)4)60(97)76-39(18-13-25-71-65(69)70)57(94)82-52(37(8)106-107(103,104)105)64(101)86-28-16-21-44(86)63(100)85-27-15-20-43(85)58(95)75-38(17-11-12-24-67)56(93)77-40(31-87)62(99)84-26-14-19-42(84)54(68)91/h33-45,49-53,87H,9-32,67H2,1-8H3,(H2,68,91)(H,72,88)(H,73,89)(H,74,96)(H,75,95)(H,76,97)(H,77,93)(H,79,90)(H,80,92)(H,81,98)(H,82,94)(H4,69,70,71)(H2,78,83,102)(H2,103,104,105)/t36-,37+,38-,39-,40-,41-,42-,43-,44-,45-,49-,50-,51-,52-,53-/m0/s1. The minimum absolute atomic E-state index is 0.00876. The van der Waals surface area contributed by atoms with E-state index in [-0.39, 0.29) is 119 Å². The molecule has 5 aliphatic heterocycles. The molecule has 0 saturated carbocycles. The molecule has 15 atom stereocenters. The van der Waals surface area contributed by atoms with Gasteiger partial charge in [0.2, 0.25) is 82.7 Å². The molecule has 0 aromatic carbocycles. The Bertz CT molecular complexity index is 3290. The summed E-state index contributed by atoms with van der Waals surface area (Å²) in [6.45, 7) is 10.3. The smallest absolute Gasteiger partial charge is 0.394 e. The Morgan fingerprint density at radius 2 is 1.09 bits per heavy atom. The van der Waals surface area contributed by atoms with Gasteiger partial charge in [0.25, 0.3) is 0 Å². The number of guanidine groups is 1. The van der Waals surface area contributed by atoms with Gasteiger partial charge < -0.3 is 116 Å². The number of fused-ring (bicyclic) bond motifs is 1. The van der Waals surface area contributed by atoms with E-state index in [0.717, 1.165) is 30.4 Å². The van der Waals surface area contributed by atoms with Crippen LogP contribution in [0.2, 0.25) is 0 Å². The van der Waals surface area contributed by atoms with Crippen LogP contribution in [0.15, 0.2) is 4.99 Å². The lowest BCUT2D eigenvalue weighted by atomic mass is 9.98. The molecule has 0 radical (unpaired) electrons. The van der Waals surface area contributed by atoms with Crippen molar-refractivity contribution in [3.8, 4) is 0 Å². The normalized spacial score (nSPS) is 21.4. The van der Waals surface area contributed by atoms with E-state index in [1.165, 1.54) is 16.7 Å². The molecule has 0 spiro atoms. The molecule has 5 rings (SSSR count). The molecule has 5 heterocycles. The van der Waals surface area contributed by atoms with Crippen molar-refractivity contribution in [1.29, 1.82) is 0 Å². The predicted octanol–water partition coefficient (Wildman–Crippen LogP) is -6.06. The van der Waals surface area contributed by atoms with E-state index in [4.69, 9.17) is 27.5 Å². The van der Waals surface area contributed by atoms with Crippen molar-refractivity contribution in [3.63, 3.8) is 0 Å². The van der Waals surface area contributed by atoms with E-state index in [9.17, 15) is 91.4 Å². The second-order valence-corrected chi connectivity index (χ2v) is 31.2. The third-order valence-electron chi connectivity index (χ3n) is 19.3. The van der Waals surface area contributed by atoms with Crippen molar-refractivity contribution in [2.24, 2.45) is 45.7 Å². The maximum atomic E-state index is 15.0. The summed E-state index contributed by atoms with van der Waals surface area (Å²) in [5, 5.41) is 41.7. The maximum absolute atomic E-state index is 15.0. The van der Waals surface area contributed by atoms with Gasteiger partial charge >= 0.3 is 13.9 Å². The number of hydrogen-bond donors (Lipinski definition) is 19. The van der Waals surface area contributed by atoms with E-state index in [0.29, 0.717) is 32.1 Å². The lowest BCUT2D eigenvalue weighted by Gasteiger charge is -2.35. The highest BCUT2D eigenvalue weighted by Gasteiger charge is 2.48. The highest BCUT2D eigenvalue weighted by Crippen LogP contribution is 2.39. The average molecular weight is 1570 g/mol. The van der Waals surface area contributed by atoms with Crippen molar-refractivity contribution in [2.75, 3.05) is 58.2 Å². The number of phosphoric ester groups is 1. The van der Waals surface area contributed by atoms with Crippen molar-refractivity contribution < 1.29 is 95.9 Å². The first-order valence-corrected chi connectivity index (χ1v) is 39.4. The van der Waals surface area contributed by atoms with Crippen molar-refractivity contribution in [1.82, 2.24) is 78.5 Å². The van der Waals surface area contributed by atoms with E-state index >= 15 is 0 Å². The van der Waals surface area contributed by atoms with Crippen LogP contribution in [0, 0.1) is 17.8 Å². The zero-order valence-corrected chi connectivity index (χ0v) is 64.3. The summed E-state index contributed by atoms with van der Waals surface area (Å²) in [6.07, 6.45) is 2.28. The summed E-state index contributed by atoms with van der Waals surface area (Å²) in [6, 6.07) is -15.3. The maximum Gasteiger partial charge on any atom is 0.469 e. The van der Waals surface area contributed by atoms with Gasteiger partial charge in [0.1, 0.15) is 66.5 Å². The first-order valence-electron chi connectivity index (χ1n) is 36.8. The molecule has 23 N–H and O–H groups in total. The predicted molar refractivity (Wildman–Crippen MR) is 392 cm³/mol. The van der Waals surface area contributed by atoms with Crippen molar-refractivity contribution in [3.05, 3.63) is 0 Å². The van der Waals surface area contributed by atoms with Crippen LogP contribution in [0.4, 0.5) is 4.79 Å². The number of carbonyl (C=O) groups is 15. The Balaban J connectivity index is 1.22. The number of thioether (sulfide) groups is 1. The number of nitrogens with zero attached hydrogens (tertiary/aromatic N) is 4. The van der Waals surface area contributed by atoms with Crippen LogP contribution >= 0.6 is 19.6 Å². The molecule has 5 fully saturated rings. The van der Waals surface area contributed by atoms with Gasteiger partial charge in [0, 0.05) is 43.6 Å². The van der Waals surface area contributed by atoms with Crippen LogP contribution in [0.3, 0.4) is 0 Å². The Morgan fingerprint density at radius 1 is 0.574 bits per heavy atom. The molecule has 42 heteroatoms. The molecular formula is C66H113N20O20PS. The first kappa shape index (κ1) is 90.1. The van der Waals surface area contributed by atoms with Crippen LogP contribution < -0.4 is 86.7 Å². The molecule has 108 heavy (non-hydrogen) atoms. The number of aliphatic hydroxyl groups is 1. The molecule has 608 valence electrons. The number of aliphatic hydroxyl groups excluding tert-OH is 1. The lowest BCUT2D eigenvalue weighted by Crippen LogP contribution is -2.62. The number of rotatable bonds is 43. The number of unbranched alkanes of at least 4 members (excludes halogenated alkanes) is 2. The van der Waals surface area contributed by atoms with Crippen LogP contribution in [0.5, 0.6) is 0 Å². The summed E-state index contributed by atoms with van der Waals surface area (Å²) in [7, 11) is -5.45. The molecule has 40 nitrogen and oxygen atoms in total. The molecule has 16 amide bonds. The average Bonchev–Trinajstić information content (AvgIpc) is 1.61. The van der Waals surface area contributed by atoms with Crippen LogP contribution in [0.1, 0.15) is 152 Å². The Morgan fingerprint density at radius 3 is 1.69 bits per heavy atom. The Labute approximate surface area is 631 Å². The number of primary amides is 1. The van der Waals surface area contributed by atoms with Gasteiger partial charge in [-0.2, -0.15) is 11.8 Å². The highest BCUT2D eigenvalue weighted by molar-refractivity contribution is 8.00. The third-order valence-corrected chi connectivity index (χ3v) is 21.4. The van der Waals surface area contributed by atoms with Crippen molar-refractivity contribution in [2.45, 2.75) is 242 Å². The molecular weight excluding hydrogens is 1460 g/mol. The summed E-state index contributed by atoms with van der Waals surface area (Å²) in [4.78, 5) is 232. The highest BCUT2D eigenvalue weighted by atomic mass is 32.2. The summed E-state index contributed by atoms with van der Waals surface area (Å²) < 4.78 is 17.4. The van der Waals surface area contributed by atoms with Gasteiger partial charge in [0.05, 0.1) is 37.9 Å². The van der Waals surface area contributed by atoms with E-state index in [1.54, 1.807) is 53.3 Å². The fourth-order valence-electron chi connectivity index (χ4n) is 13.4. The summed E-state index contributed by atoms with van der Waals surface area (Å²) in [5.41, 5.74) is 22.4. The third kappa shape index (κ3) is 27.3. The lowest BCUT2D eigenvalue weighted by molar-refractivity contribution is -0.149. The molecule has 0 unspecified atom stereocenters. The zero-order chi connectivity index (χ0) is 80.4. The number of likely N-dealkylation sites (tertiary alicyclic amines) is 3. The number of hydrogen-bond acceptors (Lipinski definition) is 21. The monoisotopic (exact) mass is 1570 g/mol. The van der Waals surface area contributed by atoms with Gasteiger partial charge in [-0.1, -0.05) is 48.0 Å². The van der Waals surface area contributed by atoms with E-state index < -0.39 is 195 Å². The SMILES string of the molecule is CC(C)[C@H](NC(=O)CNC(=O)CNC(=O)CCCC[C@@H]1SC[C@@H]2NC(=O)N[C@@H]21)C(=O)N[C@@H](C)C(=O)N[C@H](C(=O)N[C@H](C(=O)N[C@@H](CCCN=C(N)N)C(=O)N[C@H](C(=O)N1CCC[C@H]1C(=O)N1CCC[C@H]1C(=O)N[C@@H](CCCCN)C(=O)N[C@@H](CO)C(=O)N1CCC[C@H]1C(N)=O)[C@@H](C)OP(=O)(O)O)C(C)C)C(C)C. The minimum Gasteiger partial charge on any atom is -0.394 e. The topological polar surface area (TPSA) is 614 Å². The van der Waals surface area contributed by atoms with E-state index in [1.807, 2.05) is 0 Å². The van der Waals surface area contributed by atoms with Gasteiger partial charge in [-0.05, 0) is 122 Å². The number of phosphoric acid groups is 1. The van der Waals surface area contributed by atoms with E-state index in [2.05, 4.69) is 68.8 Å². The van der Waals surface area contributed by atoms with Crippen molar-refractivity contribution >= 4 is 114 Å². The molecule has 0 aliphatic carbocycles. The number of urea groups is 1. The van der Waals surface area contributed by atoms with Gasteiger partial charge in [0.15, 0.2) is 5.96 Å². The molecule has 0 aromatic heterocycles. The number of aliphatic imine (C=N–C) groups is 1. The summed E-state index contributed by atoms with van der Waals surface area (Å²) in [5.74, 6) is -12.8.